The Balaban J connectivity index is 2.17. The first-order chi connectivity index (χ1) is 7.72. The van der Waals surface area contributed by atoms with E-state index in [9.17, 15) is 4.39 Å². The predicted molar refractivity (Wildman–Crippen MR) is 67.1 cm³/mol. The van der Waals surface area contributed by atoms with E-state index in [0.29, 0.717) is 5.92 Å². The van der Waals surface area contributed by atoms with Crippen LogP contribution in [0.25, 0.3) is 0 Å². The van der Waals surface area contributed by atoms with Crippen LogP contribution >= 0.6 is 0 Å². The van der Waals surface area contributed by atoms with E-state index in [0.717, 1.165) is 31.3 Å². The summed E-state index contributed by atoms with van der Waals surface area (Å²) in [6.45, 7) is 4.40. The first-order valence-corrected chi connectivity index (χ1v) is 6.76. The molecular formula is C15H23F. The molecule has 0 spiro atoms. The minimum absolute atomic E-state index is 0.198. The minimum Gasteiger partial charge on any atom is -0.242 e. The first-order valence-electron chi connectivity index (χ1n) is 6.76. The fourth-order valence-electron chi connectivity index (χ4n) is 3.13. The van der Waals surface area contributed by atoms with Crippen LogP contribution in [0.4, 0.5) is 4.39 Å². The van der Waals surface area contributed by atoms with Gasteiger partial charge in [0.05, 0.1) is 0 Å². The molecule has 1 saturated carbocycles. The molecular weight excluding hydrogens is 199 g/mol. The fraction of sp³-hybridized carbons (Fsp3) is 0.733. The molecule has 90 valence electrons. The van der Waals surface area contributed by atoms with Crippen molar-refractivity contribution in [2.24, 2.45) is 11.8 Å². The van der Waals surface area contributed by atoms with Crippen LogP contribution in [0.15, 0.2) is 23.3 Å². The van der Waals surface area contributed by atoms with Crippen molar-refractivity contribution in [3.63, 3.8) is 0 Å². The molecule has 0 saturated heterocycles. The maximum Gasteiger partial charge on any atom is 0.128 e. The molecule has 3 atom stereocenters. The summed E-state index contributed by atoms with van der Waals surface area (Å²) in [5.74, 6) is 0.888. The van der Waals surface area contributed by atoms with Gasteiger partial charge in [-0.25, -0.2) is 4.39 Å². The first kappa shape index (κ1) is 11.9. The highest BCUT2D eigenvalue weighted by atomic mass is 19.1. The number of allylic oxidation sites excluding steroid dienone is 4. The van der Waals surface area contributed by atoms with Crippen LogP contribution in [0.3, 0.4) is 0 Å². The van der Waals surface area contributed by atoms with E-state index in [2.05, 4.69) is 26.0 Å². The fourth-order valence-corrected chi connectivity index (χ4v) is 3.13. The van der Waals surface area contributed by atoms with Crippen molar-refractivity contribution in [2.45, 2.75) is 58.5 Å². The molecule has 2 rings (SSSR count). The number of rotatable bonds is 2. The van der Waals surface area contributed by atoms with Crippen LogP contribution in [-0.2, 0) is 0 Å². The topological polar surface area (TPSA) is 0 Å². The lowest BCUT2D eigenvalue weighted by atomic mass is 9.80. The molecule has 1 heteroatoms. The van der Waals surface area contributed by atoms with Gasteiger partial charge in [-0.05, 0) is 37.2 Å². The van der Waals surface area contributed by atoms with Crippen molar-refractivity contribution in [1.29, 1.82) is 0 Å². The van der Waals surface area contributed by atoms with Gasteiger partial charge in [-0.2, -0.15) is 0 Å². The van der Waals surface area contributed by atoms with Crippen LogP contribution in [0.5, 0.6) is 0 Å². The largest absolute Gasteiger partial charge is 0.242 e. The normalized spacial score (nSPS) is 34.8. The number of alkyl halides is 1. The molecule has 0 aliphatic heterocycles. The number of fused-ring (bicyclic) bond motifs is 1. The lowest BCUT2D eigenvalue weighted by molar-refractivity contribution is 0.254. The molecule has 2 aliphatic carbocycles. The van der Waals surface area contributed by atoms with E-state index in [4.69, 9.17) is 0 Å². The second-order valence-corrected chi connectivity index (χ2v) is 5.47. The van der Waals surface area contributed by atoms with Gasteiger partial charge in [-0.15, -0.1) is 0 Å². The molecule has 0 heterocycles. The standard InChI is InChI=1S/C15H23F/c1-3-5-13-9-8-12-7-4-6-11(2)10-14(12)15(13)16/h8-9,11,14-15H,3-7,10H2,1-2H3. The van der Waals surface area contributed by atoms with Crippen LogP contribution in [0, 0.1) is 11.8 Å². The summed E-state index contributed by atoms with van der Waals surface area (Å²) in [4.78, 5) is 0. The van der Waals surface area contributed by atoms with E-state index in [1.807, 2.05) is 0 Å². The van der Waals surface area contributed by atoms with Gasteiger partial charge in [0.1, 0.15) is 6.17 Å². The van der Waals surface area contributed by atoms with Gasteiger partial charge in [0.2, 0.25) is 0 Å². The Kier molecular flexibility index (Phi) is 3.83. The highest BCUT2D eigenvalue weighted by Crippen LogP contribution is 2.40. The van der Waals surface area contributed by atoms with Crippen LogP contribution in [-0.4, -0.2) is 6.17 Å². The monoisotopic (exact) mass is 222 g/mol. The molecule has 0 nitrogen and oxygen atoms in total. The molecule has 0 aromatic carbocycles. The quantitative estimate of drug-likeness (QED) is 0.628. The summed E-state index contributed by atoms with van der Waals surface area (Å²) in [6, 6.07) is 0. The summed E-state index contributed by atoms with van der Waals surface area (Å²) in [5.41, 5.74) is 2.40. The third-order valence-electron chi connectivity index (χ3n) is 4.05. The highest BCUT2D eigenvalue weighted by Gasteiger charge is 2.32. The zero-order valence-electron chi connectivity index (χ0n) is 10.5. The highest BCUT2D eigenvalue weighted by molar-refractivity contribution is 5.31. The Hall–Kier alpha value is -0.590. The molecule has 0 amide bonds. The summed E-state index contributed by atoms with van der Waals surface area (Å²) in [6.07, 6.45) is 10.2. The zero-order chi connectivity index (χ0) is 11.5. The van der Waals surface area contributed by atoms with Gasteiger partial charge in [-0.1, -0.05) is 44.4 Å². The molecule has 0 radical (unpaired) electrons. The molecule has 2 aliphatic rings. The maximum atomic E-state index is 14.4. The summed E-state index contributed by atoms with van der Waals surface area (Å²) < 4.78 is 14.4. The van der Waals surface area contributed by atoms with Crippen molar-refractivity contribution in [3.8, 4) is 0 Å². The van der Waals surface area contributed by atoms with E-state index < -0.39 is 6.17 Å². The average Bonchev–Trinajstić information content (AvgIpc) is 2.45. The number of halogens is 1. The van der Waals surface area contributed by atoms with E-state index in [1.54, 1.807) is 0 Å². The molecule has 0 aromatic heterocycles. The smallest absolute Gasteiger partial charge is 0.128 e. The van der Waals surface area contributed by atoms with Crippen molar-refractivity contribution in [1.82, 2.24) is 0 Å². The third kappa shape index (κ3) is 2.39. The molecule has 3 unspecified atom stereocenters. The number of hydrogen-bond donors (Lipinski definition) is 0. The minimum atomic E-state index is -0.694. The molecule has 1 fully saturated rings. The SMILES string of the molecule is CCCC1=CC=C2CCCC(C)CC2C1F. The molecule has 0 aromatic rings. The summed E-state index contributed by atoms with van der Waals surface area (Å²) >= 11 is 0. The van der Waals surface area contributed by atoms with Crippen molar-refractivity contribution in [3.05, 3.63) is 23.3 Å². The lowest BCUT2D eigenvalue weighted by Gasteiger charge is -2.28. The maximum absolute atomic E-state index is 14.4. The lowest BCUT2D eigenvalue weighted by Crippen LogP contribution is -2.24. The van der Waals surface area contributed by atoms with Gasteiger partial charge in [-0.3, -0.25) is 0 Å². The summed E-state index contributed by atoms with van der Waals surface area (Å²) in [7, 11) is 0. The molecule has 0 N–H and O–H groups in total. The Morgan fingerprint density at radius 3 is 2.94 bits per heavy atom. The van der Waals surface area contributed by atoms with Crippen LogP contribution in [0.2, 0.25) is 0 Å². The van der Waals surface area contributed by atoms with Crippen LogP contribution < -0.4 is 0 Å². The number of hydrogen-bond acceptors (Lipinski definition) is 0. The predicted octanol–water partition coefficient (Wildman–Crippen LogP) is 4.82. The van der Waals surface area contributed by atoms with Crippen molar-refractivity contribution in [2.75, 3.05) is 0 Å². The van der Waals surface area contributed by atoms with Gasteiger partial charge >= 0.3 is 0 Å². The van der Waals surface area contributed by atoms with Gasteiger partial charge < -0.3 is 0 Å². The Bertz CT molecular complexity index is 301. The Labute approximate surface area is 98.6 Å². The molecule has 0 bridgehead atoms. The molecule has 16 heavy (non-hydrogen) atoms. The second kappa shape index (κ2) is 5.16. The third-order valence-corrected chi connectivity index (χ3v) is 4.05. The second-order valence-electron chi connectivity index (χ2n) is 5.47. The van der Waals surface area contributed by atoms with Crippen LogP contribution in [0.1, 0.15) is 52.4 Å². The van der Waals surface area contributed by atoms with Gasteiger partial charge in [0, 0.05) is 5.92 Å². The van der Waals surface area contributed by atoms with E-state index in [1.165, 1.54) is 18.4 Å². The zero-order valence-corrected chi connectivity index (χ0v) is 10.5. The van der Waals surface area contributed by atoms with Gasteiger partial charge in [0.15, 0.2) is 0 Å². The average molecular weight is 222 g/mol. The van der Waals surface area contributed by atoms with E-state index in [-0.39, 0.29) is 5.92 Å². The van der Waals surface area contributed by atoms with Crippen molar-refractivity contribution >= 4 is 0 Å². The van der Waals surface area contributed by atoms with E-state index >= 15 is 0 Å². The van der Waals surface area contributed by atoms with Gasteiger partial charge in [0.25, 0.3) is 0 Å². The van der Waals surface area contributed by atoms with Crippen molar-refractivity contribution < 1.29 is 4.39 Å². The Morgan fingerprint density at radius 2 is 2.19 bits per heavy atom. The Morgan fingerprint density at radius 1 is 1.38 bits per heavy atom. The summed E-state index contributed by atoms with van der Waals surface area (Å²) in [5, 5.41) is 0.